The molecule has 6 heteroatoms. The molecule has 0 spiro atoms. The number of nitrogens with zero attached hydrogens (tertiary/aromatic N) is 3. The highest BCUT2D eigenvalue weighted by molar-refractivity contribution is 6.30. The van der Waals surface area contributed by atoms with E-state index in [9.17, 15) is 0 Å². The molecule has 0 aliphatic carbocycles. The van der Waals surface area contributed by atoms with Crippen molar-refractivity contribution in [2.45, 2.75) is 6.54 Å². The van der Waals surface area contributed by atoms with E-state index in [1.165, 1.54) is 0 Å². The lowest BCUT2D eigenvalue weighted by Crippen LogP contribution is -2.38. The monoisotopic (exact) mass is 447 g/mol. The van der Waals surface area contributed by atoms with Crippen molar-refractivity contribution in [3.63, 3.8) is 0 Å². The van der Waals surface area contributed by atoms with Crippen LogP contribution < -0.4 is 4.74 Å². The summed E-state index contributed by atoms with van der Waals surface area (Å²) in [5, 5.41) is 1.88. The molecule has 4 aromatic rings. The normalized spacial score (nSPS) is 14.7. The number of benzene rings is 2. The topological polar surface area (TPSA) is 39.5 Å². The number of methoxy groups -OCH3 is 1. The first-order chi connectivity index (χ1) is 15.7. The van der Waals surface area contributed by atoms with Gasteiger partial charge in [0, 0.05) is 71.9 Å². The number of morpholine rings is 1. The van der Waals surface area contributed by atoms with Crippen molar-refractivity contribution >= 4 is 22.5 Å². The van der Waals surface area contributed by atoms with Crippen molar-refractivity contribution in [3.8, 4) is 28.0 Å². The van der Waals surface area contributed by atoms with Crippen molar-refractivity contribution in [2.24, 2.45) is 0 Å². The van der Waals surface area contributed by atoms with Gasteiger partial charge in [0.25, 0.3) is 0 Å². The van der Waals surface area contributed by atoms with Crippen molar-refractivity contribution in [2.75, 3.05) is 40.0 Å². The summed E-state index contributed by atoms with van der Waals surface area (Å²) >= 11 is 6.22. The number of hydrogen-bond donors (Lipinski definition) is 0. The zero-order valence-electron chi connectivity index (χ0n) is 18.1. The highest BCUT2D eigenvalue weighted by Crippen LogP contribution is 2.36. The van der Waals surface area contributed by atoms with Gasteiger partial charge in [-0.2, -0.15) is 0 Å². The average Bonchev–Trinajstić information content (AvgIpc) is 3.22. The lowest BCUT2D eigenvalue weighted by molar-refractivity contribution is 0.0365. The van der Waals surface area contributed by atoms with Crippen molar-refractivity contribution in [1.82, 2.24) is 14.5 Å². The maximum Gasteiger partial charge on any atom is 0.143 e. The number of pyridine rings is 1. The van der Waals surface area contributed by atoms with Crippen LogP contribution in [0.4, 0.5) is 0 Å². The van der Waals surface area contributed by atoms with Crippen LogP contribution in [0.1, 0.15) is 0 Å². The van der Waals surface area contributed by atoms with Crippen LogP contribution in [0.5, 0.6) is 5.75 Å². The van der Waals surface area contributed by atoms with Gasteiger partial charge in [0.1, 0.15) is 5.75 Å². The molecule has 1 aliphatic heterocycles. The van der Waals surface area contributed by atoms with Crippen LogP contribution in [0.3, 0.4) is 0 Å². The number of halogens is 1. The van der Waals surface area contributed by atoms with Crippen molar-refractivity contribution in [1.29, 1.82) is 0 Å². The van der Waals surface area contributed by atoms with Crippen LogP contribution in [0, 0.1) is 0 Å². The first-order valence-corrected chi connectivity index (χ1v) is 11.3. The highest BCUT2D eigenvalue weighted by Gasteiger charge is 2.17. The molecule has 5 nitrogen and oxygen atoms in total. The number of aromatic nitrogens is 2. The van der Waals surface area contributed by atoms with E-state index in [0.29, 0.717) is 0 Å². The molecule has 5 rings (SSSR count). The van der Waals surface area contributed by atoms with Gasteiger partial charge in [0.15, 0.2) is 0 Å². The van der Waals surface area contributed by atoms with Gasteiger partial charge in [-0.3, -0.25) is 9.88 Å². The Kier molecular flexibility index (Phi) is 6.12. The van der Waals surface area contributed by atoms with Gasteiger partial charge in [0.2, 0.25) is 0 Å². The first-order valence-electron chi connectivity index (χ1n) is 10.9. The smallest absolute Gasteiger partial charge is 0.143 e. The Morgan fingerprint density at radius 3 is 2.59 bits per heavy atom. The van der Waals surface area contributed by atoms with Crippen LogP contribution in [-0.2, 0) is 11.3 Å². The summed E-state index contributed by atoms with van der Waals surface area (Å²) in [7, 11) is 1.73. The average molecular weight is 448 g/mol. The summed E-state index contributed by atoms with van der Waals surface area (Å²) in [6.07, 6.45) is 6.04. The fraction of sp³-hybridized carbons (Fsp3) is 0.269. The Balaban J connectivity index is 1.55. The third-order valence-electron chi connectivity index (χ3n) is 6.05. The van der Waals surface area contributed by atoms with Gasteiger partial charge in [-0.15, -0.1) is 0 Å². The predicted molar refractivity (Wildman–Crippen MR) is 129 cm³/mol. The Bertz CT molecular complexity index is 1230. The Morgan fingerprint density at radius 1 is 0.969 bits per heavy atom. The molecule has 0 unspecified atom stereocenters. The quantitative estimate of drug-likeness (QED) is 0.398. The van der Waals surface area contributed by atoms with Gasteiger partial charge < -0.3 is 14.0 Å². The van der Waals surface area contributed by atoms with Crippen molar-refractivity contribution in [3.05, 3.63) is 72.1 Å². The minimum atomic E-state index is 0.720. The Morgan fingerprint density at radius 2 is 1.78 bits per heavy atom. The summed E-state index contributed by atoms with van der Waals surface area (Å²) in [4.78, 5) is 6.99. The molecular formula is C26H26ClN3O2. The molecular weight excluding hydrogens is 422 g/mol. The molecule has 1 aliphatic rings. The fourth-order valence-electron chi connectivity index (χ4n) is 4.38. The molecule has 2 aromatic heterocycles. The van der Waals surface area contributed by atoms with E-state index in [1.54, 1.807) is 7.11 Å². The molecule has 0 saturated carbocycles. The van der Waals surface area contributed by atoms with Crippen LogP contribution in [-0.4, -0.2) is 54.4 Å². The SMILES string of the molecule is COc1cccc2c(-c3cncc(-c4cccc(Cl)c4)c3)cn(CCN3CCOCC3)c12. The van der Waals surface area contributed by atoms with Crippen molar-refractivity contribution < 1.29 is 9.47 Å². The van der Waals surface area contributed by atoms with E-state index < -0.39 is 0 Å². The highest BCUT2D eigenvalue weighted by atomic mass is 35.5. The number of ether oxygens (including phenoxy) is 2. The molecule has 0 N–H and O–H groups in total. The molecule has 164 valence electrons. The summed E-state index contributed by atoms with van der Waals surface area (Å²) in [5.74, 6) is 0.884. The van der Waals surface area contributed by atoms with E-state index in [1.807, 2.05) is 42.7 Å². The van der Waals surface area contributed by atoms with E-state index >= 15 is 0 Å². The first kappa shape index (κ1) is 21.0. The second-order valence-electron chi connectivity index (χ2n) is 8.02. The summed E-state index contributed by atoms with van der Waals surface area (Å²) in [6.45, 7) is 5.44. The molecule has 0 bridgehead atoms. The van der Waals surface area contributed by atoms with Gasteiger partial charge in [-0.1, -0.05) is 35.9 Å². The van der Waals surface area contributed by atoms with Gasteiger partial charge in [-0.25, -0.2) is 0 Å². The third-order valence-corrected chi connectivity index (χ3v) is 6.28. The summed E-state index contributed by atoms with van der Waals surface area (Å²) in [5.41, 5.74) is 5.44. The maximum atomic E-state index is 6.22. The maximum absolute atomic E-state index is 6.22. The van der Waals surface area contributed by atoms with E-state index in [-0.39, 0.29) is 0 Å². The lowest BCUT2D eigenvalue weighted by Gasteiger charge is -2.26. The standard InChI is InChI=1S/C26H26ClN3O2/c1-31-25-7-3-6-23-24(18-30(26(23)25)9-8-29-10-12-32-13-11-29)21-14-20(16-28-17-21)19-4-2-5-22(27)15-19/h2-7,14-18H,8-13H2,1H3. The number of para-hydroxylation sites is 1. The van der Waals surface area contributed by atoms with E-state index in [0.717, 1.165) is 83.3 Å². The fourth-order valence-corrected chi connectivity index (χ4v) is 4.57. The minimum absolute atomic E-state index is 0.720. The largest absolute Gasteiger partial charge is 0.495 e. The van der Waals surface area contributed by atoms with E-state index in [2.05, 4.69) is 38.8 Å². The lowest BCUT2D eigenvalue weighted by atomic mass is 10.0. The van der Waals surface area contributed by atoms with Crippen LogP contribution in [0.25, 0.3) is 33.2 Å². The molecule has 1 fully saturated rings. The second kappa shape index (κ2) is 9.33. The zero-order chi connectivity index (χ0) is 21.9. The van der Waals surface area contributed by atoms with Gasteiger partial charge in [0.05, 0.1) is 25.8 Å². The number of rotatable bonds is 6. The zero-order valence-corrected chi connectivity index (χ0v) is 18.9. The molecule has 0 atom stereocenters. The molecule has 32 heavy (non-hydrogen) atoms. The predicted octanol–water partition coefficient (Wildman–Crippen LogP) is 5.36. The Labute approximate surface area is 193 Å². The minimum Gasteiger partial charge on any atom is -0.495 e. The van der Waals surface area contributed by atoms with E-state index in [4.69, 9.17) is 21.1 Å². The van der Waals surface area contributed by atoms with Gasteiger partial charge in [-0.05, 0) is 29.8 Å². The second-order valence-corrected chi connectivity index (χ2v) is 8.46. The molecule has 0 radical (unpaired) electrons. The molecule has 1 saturated heterocycles. The molecule has 0 amide bonds. The summed E-state index contributed by atoms with van der Waals surface area (Å²) < 4.78 is 13.5. The van der Waals surface area contributed by atoms with Gasteiger partial charge >= 0.3 is 0 Å². The summed E-state index contributed by atoms with van der Waals surface area (Å²) in [6, 6.07) is 16.3. The number of fused-ring (bicyclic) bond motifs is 1. The molecule has 3 heterocycles. The number of hydrogen-bond acceptors (Lipinski definition) is 4. The van der Waals surface area contributed by atoms with Crippen LogP contribution in [0.15, 0.2) is 67.1 Å². The van der Waals surface area contributed by atoms with Crippen LogP contribution >= 0.6 is 11.6 Å². The van der Waals surface area contributed by atoms with Crippen LogP contribution in [0.2, 0.25) is 5.02 Å². The molecule has 2 aromatic carbocycles. The Hall–Kier alpha value is -2.86. The third kappa shape index (κ3) is 4.24.